The van der Waals surface area contributed by atoms with Crippen LogP contribution < -0.4 is 10.5 Å². The van der Waals surface area contributed by atoms with Gasteiger partial charge in [0.05, 0.1) is 6.61 Å². The third-order valence-electron chi connectivity index (χ3n) is 4.05. The molecule has 1 aliphatic rings. The van der Waals surface area contributed by atoms with Crippen molar-refractivity contribution < 1.29 is 4.74 Å². The van der Waals surface area contributed by atoms with Crippen LogP contribution in [0.2, 0.25) is 0 Å². The fraction of sp³-hybridized carbons (Fsp3) is 0.611. The first-order valence-corrected chi connectivity index (χ1v) is 8.50. The molecule has 0 aromatic heterocycles. The number of guanidine groups is 1. The average Bonchev–Trinajstić information content (AvgIpc) is 2.81. The van der Waals surface area contributed by atoms with Gasteiger partial charge in [-0.2, -0.15) is 0 Å². The van der Waals surface area contributed by atoms with Crippen LogP contribution in [0.1, 0.15) is 44.1 Å². The van der Waals surface area contributed by atoms with Gasteiger partial charge in [-0.25, -0.2) is 0 Å². The van der Waals surface area contributed by atoms with E-state index in [1.54, 1.807) is 0 Å². The van der Waals surface area contributed by atoms with E-state index in [0.717, 1.165) is 50.8 Å². The average molecular weight is 303 g/mol. The Bertz CT molecular complexity index is 448. The summed E-state index contributed by atoms with van der Waals surface area (Å²) in [6.45, 7) is 5.73. The minimum absolute atomic E-state index is 0.723. The molecule has 1 fully saturated rings. The van der Waals surface area contributed by atoms with Crippen LogP contribution in [0, 0.1) is 6.92 Å². The van der Waals surface area contributed by atoms with Gasteiger partial charge in [0.2, 0.25) is 0 Å². The second-order valence-electron chi connectivity index (χ2n) is 6.01. The Labute approximate surface area is 134 Å². The van der Waals surface area contributed by atoms with Gasteiger partial charge in [0.1, 0.15) is 5.75 Å². The van der Waals surface area contributed by atoms with E-state index in [4.69, 9.17) is 10.5 Å². The molecule has 122 valence electrons. The van der Waals surface area contributed by atoms with Crippen LogP contribution in [0.5, 0.6) is 5.75 Å². The molecule has 0 atom stereocenters. The molecule has 1 aliphatic heterocycles. The lowest BCUT2D eigenvalue weighted by molar-refractivity contribution is 0.307. The van der Waals surface area contributed by atoms with Gasteiger partial charge in [-0.05, 0) is 44.7 Å². The van der Waals surface area contributed by atoms with Gasteiger partial charge in [0.15, 0.2) is 5.96 Å². The molecule has 22 heavy (non-hydrogen) atoms. The quantitative estimate of drug-likeness (QED) is 0.498. The Hall–Kier alpha value is -1.71. The molecule has 0 saturated carbocycles. The maximum absolute atomic E-state index is 6.08. The molecule has 1 heterocycles. The first kappa shape index (κ1) is 16.7. The van der Waals surface area contributed by atoms with Crippen LogP contribution in [-0.4, -0.2) is 37.1 Å². The lowest BCUT2D eigenvalue weighted by Crippen LogP contribution is -2.38. The third-order valence-corrected chi connectivity index (χ3v) is 4.05. The van der Waals surface area contributed by atoms with Crippen molar-refractivity contribution in [2.24, 2.45) is 10.7 Å². The summed E-state index contributed by atoms with van der Waals surface area (Å²) in [5.41, 5.74) is 7.34. The minimum Gasteiger partial charge on any atom is -0.494 e. The molecule has 2 N–H and O–H groups in total. The number of hydrogen-bond acceptors (Lipinski definition) is 2. The lowest BCUT2D eigenvalue weighted by atomic mass is 10.2. The fourth-order valence-electron chi connectivity index (χ4n) is 2.63. The second-order valence-corrected chi connectivity index (χ2v) is 6.01. The van der Waals surface area contributed by atoms with Gasteiger partial charge in [-0.3, -0.25) is 4.99 Å². The second kappa shape index (κ2) is 9.34. The van der Waals surface area contributed by atoms with Crippen LogP contribution in [0.15, 0.2) is 29.3 Å². The maximum atomic E-state index is 6.08. The van der Waals surface area contributed by atoms with E-state index in [9.17, 15) is 0 Å². The van der Waals surface area contributed by atoms with Crippen molar-refractivity contribution in [3.8, 4) is 5.75 Å². The highest BCUT2D eigenvalue weighted by molar-refractivity contribution is 5.78. The first-order valence-electron chi connectivity index (χ1n) is 8.50. The van der Waals surface area contributed by atoms with Gasteiger partial charge in [0.25, 0.3) is 0 Å². The zero-order chi connectivity index (χ0) is 15.6. The van der Waals surface area contributed by atoms with Gasteiger partial charge >= 0.3 is 0 Å². The third kappa shape index (κ3) is 5.96. The smallest absolute Gasteiger partial charge is 0.191 e. The number of hydrogen-bond donors (Lipinski definition) is 1. The molecule has 0 amide bonds. The van der Waals surface area contributed by atoms with E-state index >= 15 is 0 Å². The summed E-state index contributed by atoms with van der Waals surface area (Å²) < 4.78 is 5.71. The molecule has 0 aliphatic carbocycles. The van der Waals surface area contributed by atoms with Crippen LogP contribution in [-0.2, 0) is 0 Å². The van der Waals surface area contributed by atoms with Crippen molar-refractivity contribution in [3.63, 3.8) is 0 Å². The summed E-state index contributed by atoms with van der Waals surface area (Å²) in [6.07, 6.45) is 7.13. The number of nitrogens with two attached hydrogens (primary N) is 1. The number of benzene rings is 1. The van der Waals surface area contributed by atoms with Crippen molar-refractivity contribution in [2.75, 3.05) is 26.2 Å². The predicted molar refractivity (Wildman–Crippen MR) is 92.4 cm³/mol. The summed E-state index contributed by atoms with van der Waals surface area (Å²) in [6, 6.07) is 8.18. The summed E-state index contributed by atoms with van der Waals surface area (Å²) in [4.78, 5) is 6.74. The van der Waals surface area contributed by atoms with Crippen LogP contribution in [0.3, 0.4) is 0 Å². The monoisotopic (exact) mass is 303 g/mol. The van der Waals surface area contributed by atoms with Crippen molar-refractivity contribution in [3.05, 3.63) is 29.8 Å². The number of ether oxygens (including phenoxy) is 1. The largest absolute Gasteiger partial charge is 0.494 e. The van der Waals surface area contributed by atoms with Gasteiger partial charge in [-0.1, -0.05) is 30.5 Å². The topological polar surface area (TPSA) is 50.9 Å². The van der Waals surface area contributed by atoms with E-state index in [1.807, 2.05) is 12.1 Å². The molecule has 0 unspecified atom stereocenters. The van der Waals surface area contributed by atoms with E-state index in [2.05, 4.69) is 28.9 Å². The summed E-state index contributed by atoms with van der Waals surface area (Å²) in [5.74, 6) is 1.67. The highest BCUT2D eigenvalue weighted by atomic mass is 16.5. The van der Waals surface area contributed by atoms with Crippen molar-refractivity contribution in [1.82, 2.24) is 4.90 Å². The summed E-state index contributed by atoms with van der Waals surface area (Å²) in [5, 5.41) is 0. The number of likely N-dealkylation sites (tertiary alicyclic amines) is 1. The number of rotatable bonds is 6. The highest BCUT2D eigenvalue weighted by Gasteiger charge is 2.10. The predicted octanol–water partition coefficient (Wildman–Crippen LogP) is 3.34. The van der Waals surface area contributed by atoms with E-state index in [1.165, 1.54) is 31.2 Å². The molecular formula is C18H29N3O. The Morgan fingerprint density at radius 1 is 1.09 bits per heavy atom. The Morgan fingerprint density at radius 2 is 1.77 bits per heavy atom. The normalized spacial score (nSPS) is 16.4. The molecule has 0 radical (unpaired) electrons. The standard InChI is InChI=1S/C18H29N3O/c1-16-8-10-17(11-9-16)22-15-7-4-12-20-18(19)21-13-5-2-3-6-14-21/h8-11H,2-7,12-15H2,1H3,(H2,19,20). The van der Waals surface area contributed by atoms with Crippen LogP contribution in [0.4, 0.5) is 0 Å². The van der Waals surface area contributed by atoms with Gasteiger partial charge in [-0.15, -0.1) is 0 Å². The number of nitrogens with zero attached hydrogens (tertiary/aromatic N) is 2. The molecule has 4 heteroatoms. The molecule has 1 saturated heterocycles. The Balaban J connectivity index is 1.59. The van der Waals surface area contributed by atoms with Crippen molar-refractivity contribution in [2.45, 2.75) is 45.4 Å². The van der Waals surface area contributed by atoms with Gasteiger partial charge < -0.3 is 15.4 Å². The lowest BCUT2D eigenvalue weighted by Gasteiger charge is -2.21. The SMILES string of the molecule is Cc1ccc(OCCCCN=C(N)N2CCCCCC2)cc1. The van der Waals surface area contributed by atoms with Crippen molar-refractivity contribution >= 4 is 5.96 Å². The minimum atomic E-state index is 0.723. The Kier molecular flexibility index (Phi) is 7.07. The maximum Gasteiger partial charge on any atom is 0.191 e. The zero-order valence-corrected chi connectivity index (χ0v) is 13.8. The summed E-state index contributed by atoms with van der Waals surface area (Å²) >= 11 is 0. The molecule has 4 nitrogen and oxygen atoms in total. The van der Waals surface area contributed by atoms with E-state index in [0.29, 0.717) is 0 Å². The molecule has 0 bridgehead atoms. The van der Waals surface area contributed by atoms with Crippen LogP contribution >= 0.6 is 0 Å². The Morgan fingerprint density at radius 3 is 2.45 bits per heavy atom. The fourth-order valence-corrected chi connectivity index (χ4v) is 2.63. The number of aryl methyl sites for hydroxylation is 1. The molecule has 2 rings (SSSR count). The van der Waals surface area contributed by atoms with Crippen molar-refractivity contribution in [1.29, 1.82) is 0 Å². The molecule has 1 aromatic rings. The molecule has 1 aromatic carbocycles. The molecular weight excluding hydrogens is 274 g/mol. The van der Waals surface area contributed by atoms with Crippen LogP contribution in [0.25, 0.3) is 0 Å². The zero-order valence-electron chi connectivity index (χ0n) is 13.8. The number of aliphatic imine (C=N–C) groups is 1. The van der Waals surface area contributed by atoms with E-state index in [-0.39, 0.29) is 0 Å². The number of unbranched alkanes of at least 4 members (excludes halogenated alkanes) is 1. The first-order chi connectivity index (χ1) is 10.8. The van der Waals surface area contributed by atoms with Gasteiger partial charge in [0, 0.05) is 19.6 Å². The highest BCUT2D eigenvalue weighted by Crippen LogP contribution is 2.12. The molecule has 0 spiro atoms. The van der Waals surface area contributed by atoms with E-state index < -0.39 is 0 Å². The summed E-state index contributed by atoms with van der Waals surface area (Å²) in [7, 11) is 0.